The van der Waals surface area contributed by atoms with Crippen LogP contribution in [0.5, 0.6) is 0 Å². The molecule has 2 amide bonds. The Morgan fingerprint density at radius 3 is 2.24 bits per heavy atom. The Balaban J connectivity index is 1.78. The molecule has 0 aliphatic carbocycles. The molecule has 0 radical (unpaired) electrons. The van der Waals surface area contributed by atoms with Gasteiger partial charge in [-0.15, -0.1) is 0 Å². The number of carbonyl (C=O) groups excluding carboxylic acids is 2. The number of hydrazine groups is 1. The van der Waals surface area contributed by atoms with Gasteiger partial charge in [0.25, 0.3) is 11.8 Å². The van der Waals surface area contributed by atoms with Gasteiger partial charge in [0.05, 0.1) is 6.54 Å². The lowest BCUT2D eigenvalue weighted by atomic mass is 10.0. The van der Waals surface area contributed by atoms with Crippen LogP contribution in [0, 0.1) is 0 Å². The summed E-state index contributed by atoms with van der Waals surface area (Å²) in [4.78, 5) is 37.6. The maximum absolute atomic E-state index is 12.8. The number of aliphatic carboxylic acids is 1. The van der Waals surface area contributed by atoms with Crippen LogP contribution in [-0.4, -0.2) is 74.3 Å². The number of carbonyl (C=O) groups is 3. The van der Waals surface area contributed by atoms with Crippen molar-refractivity contribution in [3.8, 4) is 11.1 Å². The van der Waals surface area contributed by atoms with Crippen LogP contribution in [0.4, 0.5) is 0 Å². The largest absolute Gasteiger partial charge is 0.479 e. The first-order valence-electron chi connectivity index (χ1n) is 10.5. The Hall–Kier alpha value is -4.02. The fourth-order valence-electron chi connectivity index (χ4n) is 3.21. The monoisotopic (exact) mass is 465 g/mol. The Morgan fingerprint density at radius 1 is 1.03 bits per heavy atom. The van der Waals surface area contributed by atoms with E-state index < -0.39 is 17.5 Å². The minimum atomic E-state index is -2.11. The first-order valence-corrected chi connectivity index (χ1v) is 10.5. The summed E-state index contributed by atoms with van der Waals surface area (Å²) in [5.41, 5.74) is 3.41. The number of rotatable bonds is 9. The summed E-state index contributed by atoms with van der Waals surface area (Å²) in [6.07, 6.45) is 0. The standard InChI is InChI=1S/C24H27N5O5/c1-24(34,23(32)33)15-29(27-21(30)19-13-20(26-25-19)22(31)28(2)3)14-16-9-11-18(12-10-16)17-7-5-4-6-8-17/h4-13,34H,14-15H2,1-3H3,(H,25,26)(H,27,30)(H,32,33). The molecule has 4 N–H and O–H groups in total. The van der Waals surface area contributed by atoms with Gasteiger partial charge in [-0.1, -0.05) is 54.6 Å². The van der Waals surface area contributed by atoms with E-state index in [1.54, 1.807) is 14.1 Å². The van der Waals surface area contributed by atoms with Crippen molar-refractivity contribution in [1.82, 2.24) is 25.5 Å². The number of aromatic amines is 1. The first kappa shape index (κ1) is 24.6. The Labute approximate surface area is 196 Å². The molecule has 2 aromatic carbocycles. The van der Waals surface area contributed by atoms with Crippen molar-refractivity contribution >= 4 is 17.8 Å². The molecule has 0 bridgehead atoms. The molecule has 1 aromatic heterocycles. The van der Waals surface area contributed by atoms with E-state index in [1.807, 2.05) is 54.6 Å². The first-order chi connectivity index (χ1) is 16.1. The molecule has 3 rings (SSSR count). The van der Waals surface area contributed by atoms with E-state index in [2.05, 4.69) is 15.6 Å². The van der Waals surface area contributed by atoms with Gasteiger partial charge >= 0.3 is 5.97 Å². The van der Waals surface area contributed by atoms with Crippen LogP contribution in [0.2, 0.25) is 0 Å². The third kappa shape index (κ3) is 6.06. The summed E-state index contributed by atoms with van der Waals surface area (Å²) in [6, 6.07) is 18.7. The zero-order chi connectivity index (χ0) is 24.9. The molecule has 1 atom stereocenters. The lowest BCUT2D eigenvalue weighted by molar-refractivity contribution is -0.159. The van der Waals surface area contributed by atoms with Crippen molar-refractivity contribution in [2.45, 2.75) is 19.1 Å². The Kier molecular flexibility index (Phi) is 7.44. The van der Waals surface area contributed by atoms with Crippen LogP contribution in [0.3, 0.4) is 0 Å². The normalized spacial score (nSPS) is 12.7. The quantitative estimate of drug-likeness (QED) is 0.353. The van der Waals surface area contributed by atoms with E-state index in [1.165, 1.54) is 16.0 Å². The Morgan fingerprint density at radius 2 is 1.65 bits per heavy atom. The summed E-state index contributed by atoms with van der Waals surface area (Å²) >= 11 is 0. The highest BCUT2D eigenvalue weighted by atomic mass is 16.4. The van der Waals surface area contributed by atoms with E-state index in [0.717, 1.165) is 23.6 Å². The zero-order valence-corrected chi connectivity index (χ0v) is 19.1. The molecule has 178 valence electrons. The number of carboxylic acids is 1. The summed E-state index contributed by atoms with van der Waals surface area (Å²) in [7, 11) is 3.13. The average Bonchev–Trinajstić information content (AvgIpc) is 3.29. The fourth-order valence-corrected chi connectivity index (χ4v) is 3.21. The topological polar surface area (TPSA) is 139 Å². The minimum absolute atomic E-state index is 0.0181. The van der Waals surface area contributed by atoms with E-state index >= 15 is 0 Å². The van der Waals surface area contributed by atoms with Crippen molar-refractivity contribution in [3.05, 3.63) is 77.6 Å². The number of hydrogen-bond donors (Lipinski definition) is 4. The van der Waals surface area contributed by atoms with Gasteiger partial charge in [0.15, 0.2) is 11.3 Å². The second kappa shape index (κ2) is 10.3. The molecule has 3 aromatic rings. The molecule has 10 heteroatoms. The number of nitrogens with one attached hydrogen (secondary N) is 2. The van der Waals surface area contributed by atoms with Crippen molar-refractivity contribution in [3.63, 3.8) is 0 Å². The van der Waals surface area contributed by atoms with Crippen LogP contribution in [0.1, 0.15) is 33.5 Å². The zero-order valence-electron chi connectivity index (χ0n) is 19.1. The molecule has 0 saturated carbocycles. The molecule has 10 nitrogen and oxygen atoms in total. The van der Waals surface area contributed by atoms with Gasteiger partial charge in [-0.2, -0.15) is 5.10 Å². The lowest BCUT2D eigenvalue weighted by Gasteiger charge is -2.29. The third-order valence-corrected chi connectivity index (χ3v) is 5.10. The number of aliphatic hydroxyl groups is 1. The number of hydrogen-bond acceptors (Lipinski definition) is 6. The number of nitrogens with zero attached hydrogens (tertiary/aromatic N) is 3. The molecule has 1 unspecified atom stereocenters. The maximum atomic E-state index is 12.8. The number of carboxylic acid groups (broad SMARTS) is 1. The summed E-state index contributed by atoms with van der Waals surface area (Å²) in [6.45, 7) is 0.894. The van der Waals surface area contributed by atoms with Crippen LogP contribution in [0.15, 0.2) is 60.7 Å². The van der Waals surface area contributed by atoms with Crippen molar-refractivity contribution in [2.75, 3.05) is 20.6 Å². The summed E-state index contributed by atoms with van der Waals surface area (Å²) in [5.74, 6) is -2.43. The number of H-pyrrole nitrogens is 1. The van der Waals surface area contributed by atoms with E-state index in [-0.39, 0.29) is 30.4 Å². The van der Waals surface area contributed by atoms with Gasteiger partial charge < -0.3 is 15.1 Å². The average molecular weight is 466 g/mol. The minimum Gasteiger partial charge on any atom is -0.479 e. The number of aromatic nitrogens is 2. The predicted molar refractivity (Wildman–Crippen MR) is 125 cm³/mol. The van der Waals surface area contributed by atoms with E-state index in [0.29, 0.717) is 0 Å². The van der Waals surface area contributed by atoms with Gasteiger partial charge in [-0.3, -0.25) is 20.1 Å². The molecule has 0 spiro atoms. The van der Waals surface area contributed by atoms with Gasteiger partial charge in [0.2, 0.25) is 0 Å². The van der Waals surface area contributed by atoms with Gasteiger partial charge in [0, 0.05) is 26.7 Å². The third-order valence-electron chi connectivity index (χ3n) is 5.10. The molecule has 1 heterocycles. The lowest BCUT2D eigenvalue weighted by Crippen LogP contribution is -2.52. The van der Waals surface area contributed by atoms with Crippen molar-refractivity contribution < 1.29 is 24.6 Å². The Bertz CT molecular complexity index is 1160. The summed E-state index contributed by atoms with van der Waals surface area (Å²) in [5, 5.41) is 27.3. The van der Waals surface area contributed by atoms with E-state index in [9.17, 15) is 24.6 Å². The molecular weight excluding hydrogens is 438 g/mol. The molecule has 0 saturated heterocycles. The number of amides is 2. The van der Waals surface area contributed by atoms with Crippen LogP contribution < -0.4 is 5.43 Å². The second-order valence-corrected chi connectivity index (χ2v) is 8.31. The van der Waals surface area contributed by atoms with Crippen LogP contribution in [-0.2, 0) is 11.3 Å². The van der Waals surface area contributed by atoms with Crippen molar-refractivity contribution in [2.24, 2.45) is 0 Å². The highest BCUT2D eigenvalue weighted by molar-refractivity contribution is 5.97. The predicted octanol–water partition coefficient (Wildman–Crippen LogP) is 1.76. The molecule has 0 aliphatic rings. The van der Waals surface area contributed by atoms with Gasteiger partial charge in [-0.05, 0) is 23.6 Å². The van der Waals surface area contributed by atoms with Crippen LogP contribution >= 0.6 is 0 Å². The van der Waals surface area contributed by atoms with E-state index in [4.69, 9.17) is 0 Å². The SMILES string of the molecule is CN(C)C(=O)c1cc(C(=O)NN(Cc2ccc(-c3ccccc3)cc2)CC(C)(O)C(=O)O)[nH]n1. The maximum Gasteiger partial charge on any atom is 0.336 e. The molecule has 0 fully saturated rings. The smallest absolute Gasteiger partial charge is 0.336 e. The highest BCUT2D eigenvalue weighted by Gasteiger charge is 2.33. The van der Waals surface area contributed by atoms with Gasteiger partial charge in [-0.25, -0.2) is 9.80 Å². The summed E-state index contributed by atoms with van der Waals surface area (Å²) < 4.78 is 0. The van der Waals surface area contributed by atoms with Crippen LogP contribution in [0.25, 0.3) is 11.1 Å². The van der Waals surface area contributed by atoms with Gasteiger partial charge in [0.1, 0.15) is 5.69 Å². The number of benzene rings is 2. The van der Waals surface area contributed by atoms with Crippen molar-refractivity contribution in [1.29, 1.82) is 0 Å². The second-order valence-electron chi connectivity index (χ2n) is 8.31. The fraction of sp³-hybridized carbons (Fsp3) is 0.250. The molecule has 0 aliphatic heterocycles. The molecular formula is C24H27N5O5. The highest BCUT2D eigenvalue weighted by Crippen LogP contribution is 2.20. The molecule has 34 heavy (non-hydrogen) atoms.